The molecule has 82 valence electrons. The summed E-state index contributed by atoms with van der Waals surface area (Å²) < 4.78 is 7.53. The molecule has 0 radical (unpaired) electrons. The van der Waals surface area contributed by atoms with Crippen molar-refractivity contribution in [3.8, 4) is 5.88 Å². The van der Waals surface area contributed by atoms with Gasteiger partial charge in [0.15, 0.2) is 0 Å². The molecule has 1 atom stereocenters. The predicted octanol–water partition coefficient (Wildman–Crippen LogP) is 4.03. The third-order valence-electron chi connectivity index (χ3n) is 2.68. The monoisotopic (exact) mass is 333 g/mol. The summed E-state index contributed by atoms with van der Waals surface area (Å²) in [6.45, 7) is 3.00. The van der Waals surface area contributed by atoms with Gasteiger partial charge in [-0.1, -0.05) is 6.92 Å². The molecule has 0 unspecified atom stereocenters. The lowest BCUT2D eigenvalue weighted by molar-refractivity contribution is 0.234. The second kappa shape index (κ2) is 4.83. The van der Waals surface area contributed by atoms with Crippen molar-refractivity contribution in [2.24, 2.45) is 11.8 Å². The smallest absolute Gasteiger partial charge is 0.228 e. The maximum absolute atomic E-state index is 5.68. The van der Waals surface area contributed by atoms with Gasteiger partial charge in [-0.25, -0.2) is 4.98 Å². The Morgan fingerprint density at radius 3 is 2.87 bits per heavy atom. The van der Waals surface area contributed by atoms with Gasteiger partial charge in [-0.3, -0.25) is 0 Å². The second-order valence-electron chi connectivity index (χ2n) is 4.07. The summed E-state index contributed by atoms with van der Waals surface area (Å²) in [5.74, 6) is 2.20. The Labute approximate surface area is 107 Å². The molecule has 0 N–H and O–H groups in total. The van der Waals surface area contributed by atoms with E-state index >= 15 is 0 Å². The lowest BCUT2D eigenvalue weighted by Gasteiger charge is -2.12. The van der Waals surface area contributed by atoms with E-state index in [1.165, 1.54) is 12.8 Å². The fourth-order valence-electron chi connectivity index (χ4n) is 1.52. The molecule has 0 saturated heterocycles. The molecule has 1 aliphatic carbocycles. The van der Waals surface area contributed by atoms with E-state index in [4.69, 9.17) is 4.74 Å². The molecule has 2 rings (SSSR count). The fraction of sp³-hybridized carbons (Fsp3) is 0.545. The molecule has 1 aromatic heterocycles. The number of aromatic nitrogens is 1. The van der Waals surface area contributed by atoms with E-state index in [2.05, 4.69) is 43.8 Å². The van der Waals surface area contributed by atoms with Crippen LogP contribution in [-0.2, 0) is 0 Å². The molecular formula is C11H13Br2NO. The minimum absolute atomic E-state index is 0.641. The number of nitrogens with zero attached hydrogens (tertiary/aromatic N) is 1. The second-order valence-corrected chi connectivity index (χ2v) is 5.84. The molecule has 0 aromatic carbocycles. The zero-order valence-electron chi connectivity index (χ0n) is 8.54. The van der Waals surface area contributed by atoms with Gasteiger partial charge in [0.2, 0.25) is 5.88 Å². The Balaban J connectivity index is 1.92. The first-order valence-corrected chi connectivity index (χ1v) is 6.69. The molecule has 0 bridgehead atoms. The number of pyridine rings is 1. The minimum atomic E-state index is 0.641. The predicted molar refractivity (Wildman–Crippen MR) is 67.0 cm³/mol. The zero-order valence-corrected chi connectivity index (χ0v) is 11.7. The van der Waals surface area contributed by atoms with Crippen LogP contribution >= 0.6 is 31.9 Å². The first-order chi connectivity index (χ1) is 7.16. The zero-order chi connectivity index (χ0) is 10.8. The number of rotatable bonds is 4. The van der Waals surface area contributed by atoms with Gasteiger partial charge in [0.25, 0.3) is 0 Å². The van der Waals surface area contributed by atoms with Gasteiger partial charge >= 0.3 is 0 Å². The van der Waals surface area contributed by atoms with E-state index in [-0.39, 0.29) is 0 Å². The molecule has 2 nitrogen and oxygen atoms in total. The van der Waals surface area contributed by atoms with Gasteiger partial charge in [0.05, 0.1) is 11.1 Å². The van der Waals surface area contributed by atoms with Gasteiger partial charge < -0.3 is 4.74 Å². The highest BCUT2D eigenvalue weighted by atomic mass is 79.9. The summed E-state index contributed by atoms with van der Waals surface area (Å²) in [6.07, 6.45) is 4.47. The van der Waals surface area contributed by atoms with E-state index in [1.54, 1.807) is 6.20 Å². The maximum atomic E-state index is 5.68. The van der Waals surface area contributed by atoms with E-state index < -0.39 is 0 Å². The minimum Gasteiger partial charge on any atom is -0.477 e. The normalized spacial score (nSPS) is 17.5. The van der Waals surface area contributed by atoms with Crippen LogP contribution in [0.1, 0.15) is 19.8 Å². The van der Waals surface area contributed by atoms with Gasteiger partial charge in [-0.15, -0.1) is 0 Å². The van der Waals surface area contributed by atoms with Crippen LogP contribution in [0.4, 0.5) is 0 Å². The Bertz CT molecular complexity index is 352. The van der Waals surface area contributed by atoms with Crippen LogP contribution in [-0.4, -0.2) is 11.6 Å². The summed E-state index contributed by atoms with van der Waals surface area (Å²) in [5.41, 5.74) is 0. The molecule has 0 spiro atoms. The van der Waals surface area contributed by atoms with Crippen molar-refractivity contribution in [3.63, 3.8) is 0 Å². The summed E-state index contributed by atoms with van der Waals surface area (Å²) in [4.78, 5) is 4.21. The van der Waals surface area contributed by atoms with Crippen molar-refractivity contribution < 1.29 is 4.74 Å². The van der Waals surface area contributed by atoms with Crippen molar-refractivity contribution in [1.82, 2.24) is 4.98 Å². The largest absolute Gasteiger partial charge is 0.477 e. The van der Waals surface area contributed by atoms with Crippen LogP contribution in [0.25, 0.3) is 0 Å². The van der Waals surface area contributed by atoms with Gasteiger partial charge in [-0.05, 0) is 62.6 Å². The molecular weight excluding hydrogens is 322 g/mol. The first-order valence-electron chi connectivity index (χ1n) is 5.10. The standard InChI is InChI=1S/C11H13Br2NO/c1-7(8-2-3-8)6-15-11-10(13)4-9(12)5-14-11/h4-5,7-8H,2-3,6H2,1H3/t7-/m1/s1. The highest BCUT2D eigenvalue weighted by Gasteiger charge is 2.28. The fourth-order valence-corrected chi connectivity index (χ4v) is 2.62. The SMILES string of the molecule is C[C@H](COc1ncc(Br)cc1Br)C1CC1. The number of ether oxygens (including phenoxy) is 1. The maximum Gasteiger partial charge on any atom is 0.228 e. The Hall–Kier alpha value is -0.0900. The van der Waals surface area contributed by atoms with Crippen molar-refractivity contribution in [1.29, 1.82) is 0 Å². The molecule has 0 amide bonds. The van der Waals surface area contributed by atoms with Crippen LogP contribution < -0.4 is 4.74 Å². The molecule has 1 aromatic rings. The average molecular weight is 335 g/mol. The van der Waals surface area contributed by atoms with Crippen molar-refractivity contribution >= 4 is 31.9 Å². The Morgan fingerprint density at radius 1 is 1.53 bits per heavy atom. The van der Waals surface area contributed by atoms with Gasteiger partial charge in [-0.2, -0.15) is 0 Å². The van der Waals surface area contributed by atoms with Crippen LogP contribution in [0.2, 0.25) is 0 Å². The van der Waals surface area contributed by atoms with Crippen LogP contribution in [0.3, 0.4) is 0 Å². The van der Waals surface area contributed by atoms with E-state index in [0.29, 0.717) is 11.8 Å². The molecule has 1 fully saturated rings. The van der Waals surface area contributed by atoms with Crippen molar-refractivity contribution in [3.05, 3.63) is 21.2 Å². The van der Waals surface area contributed by atoms with Gasteiger partial charge in [0, 0.05) is 10.7 Å². The van der Waals surface area contributed by atoms with Crippen molar-refractivity contribution in [2.75, 3.05) is 6.61 Å². The molecule has 1 saturated carbocycles. The van der Waals surface area contributed by atoms with E-state index in [9.17, 15) is 0 Å². The number of hydrogen-bond acceptors (Lipinski definition) is 2. The third kappa shape index (κ3) is 3.18. The van der Waals surface area contributed by atoms with Crippen LogP contribution in [0.5, 0.6) is 5.88 Å². The lowest BCUT2D eigenvalue weighted by atomic mass is 10.1. The Morgan fingerprint density at radius 2 is 2.27 bits per heavy atom. The van der Waals surface area contributed by atoms with Crippen molar-refractivity contribution in [2.45, 2.75) is 19.8 Å². The highest BCUT2D eigenvalue weighted by molar-refractivity contribution is 9.11. The molecule has 15 heavy (non-hydrogen) atoms. The molecule has 4 heteroatoms. The molecule has 0 aliphatic heterocycles. The lowest BCUT2D eigenvalue weighted by Crippen LogP contribution is -2.11. The van der Waals surface area contributed by atoms with E-state index in [1.807, 2.05) is 6.07 Å². The summed E-state index contributed by atoms with van der Waals surface area (Å²) >= 11 is 6.79. The van der Waals surface area contributed by atoms with Crippen LogP contribution in [0.15, 0.2) is 21.2 Å². The first kappa shape index (κ1) is 11.4. The average Bonchev–Trinajstić information content (AvgIpc) is 2.99. The van der Waals surface area contributed by atoms with Crippen LogP contribution in [0, 0.1) is 11.8 Å². The summed E-state index contributed by atoms with van der Waals surface area (Å²) in [5, 5.41) is 0. The highest BCUT2D eigenvalue weighted by Crippen LogP contribution is 2.37. The third-order valence-corrected chi connectivity index (χ3v) is 3.69. The summed E-state index contributed by atoms with van der Waals surface area (Å²) in [7, 11) is 0. The number of hydrogen-bond donors (Lipinski definition) is 0. The van der Waals surface area contributed by atoms with Gasteiger partial charge in [0.1, 0.15) is 0 Å². The number of halogens is 2. The summed E-state index contributed by atoms with van der Waals surface area (Å²) in [6, 6.07) is 1.95. The topological polar surface area (TPSA) is 22.1 Å². The Kier molecular flexibility index (Phi) is 3.67. The molecule has 1 heterocycles. The van der Waals surface area contributed by atoms with E-state index in [0.717, 1.165) is 21.5 Å². The quantitative estimate of drug-likeness (QED) is 0.829. The molecule has 1 aliphatic rings.